The first-order valence-electron chi connectivity index (χ1n) is 10.8. The van der Waals surface area contributed by atoms with Gasteiger partial charge in [-0.25, -0.2) is 0 Å². The number of carbonyl (C=O) groups is 2. The van der Waals surface area contributed by atoms with E-state index in [-0.39, 0.29) is 17.9 Å². The summed E-state index contributed by atoms with van der Waals surface area (Å²) in [5.41, 5.74) is 2.15. The second-order valence-corrected chi connectivity index (χ2v) is 8.58. The van der Waals surface area contributed by atoms with Gasteiger partial charge in [-0.15, -0.1) is 11.8 Å². The molecule has 0 radical (unpaired) electrons. The van der Waals surface area contributed by atoms with Crippen molar-refractivity contribution in [2.24, 2.45) is 0 Å². The third-order valence-electron chi connectivity index (χ3n) is 5.24. The standard InChI is InChI=1S/C25H34N2O3S/c1-5-19(3)26-25(29)23(6-2)27(16-20-12-14-22(30-4)15-13-20)24(28)18-31-17-21-10-8-7-9-11-21/h7-15,19,23H,5-6,16-18H2,1-4H3,(H,26,29)/t19-,23+/m0/s1. The van der Waals surface area contributed by atoms with Crippen LogP contribution in [0.25, 0.3) is 0 Å². The van der Waals surface area contributed by atoms with Gasteiger partial charge in [0.1, 0.15) is 11.8 Å². The van der Waals surface area contributed by atoms with E-state index in [1.807, 2.05) is 63.2 Å². The van der Waals surface area contributed by atoms with E-state index < -0.39 is 6.04 Å². The monoisotopic (exact) mass is 442 g/mol. The Labute approximate surface area is 190 Å². The Hall–Kier alpha value is -2.47. The number of nitrogens with one attached hydrogen (secondary N) is 1. The molecule has 0 saturated heterocycles. The molecule has 6 heteroatoms. The molecular formula is C25H34N2O3S. The molecule has 0 aliphatic rings. The third-order valence-corrected chi connectivity index (χ3v) is 6.22. The van der Waals surface area contributed by atoms with Gasteiger partial charge in [-0.1, -0.05) is 56.3 Å². The lowest BCUT2D eigenvalue weighted by Crippen LogP contribution is -2.51. The third kappa shape index (κ3) is 7.94. The number of carbonyl (C=O) groups excluding carboxylic acids is 2. The molecule has 2 aromatic rings. The molecule has 31 heavy (non-hydrogen) atoms. The quantitative estimate of drug-likeness (QED) is 0.520. The smallest absolute Gasteiger partial charge is 0.243 e. The van der Waals surface area contributed by atoms with Crippen molar-refractivity contribution in [1.29, 1.82) is 0 Å². The second-order valence-electron chi connectivity index (χ2n) is 7.59. The maximum atomic E-state index is 13.2. The number of thioether (sulfide) groups is 1. The minimum Gasteiger partial charge on any atom is -0.497 e. The van der Waals surface area contributed by atoms with Crippen LogP contribution in [0.3, 0.4) is 0 Å². The van der Waals surface area contributed by atoms with Gasteiger partial charge in [0.2, 0.25) is 11.8 Å². The highest BCUT2D eigenvalue weighted by Gasteiger charge is 2.29. The van der Waals surface area contributed by atoms with Gasteiger partial charge < -0.3 is 15.0 Å². The van der Waals surface area contributed by atoms with Crippen LogP contribution in [0.15, 0.2) is 54.6 Å². The molecule has 0 spiro atoms. The van der Waals surface area contributed by atoms with Gasteiger partial charge >= 0.3 is 0 Å². The van der Waals surface area contributed by atoms with Crippen molar-refractivity contribution >= 4 is 23.6 Å². The molecule has 168 valence electrons. The molecule has 1 N–H and O–H groups in total. The van der Waals surface area contributed by atoms with Gasteiger partial charge in [0.25, 0.3) is 0 Å². The normalized spacial score (nSPS) is 12.6. The van der Waals surface area contributed by atoms with Gasteiger partial charge in [-0.3, -0.25) is 9.59 Å². The fourth-order valence-electron chi connectivity index (χ4n) is 3.20. The summed E-state index contributed by atoms with van der Waals surface area (Å²) >= 11 is 1.57. The highest BCUT2D eigenvalue weighted by atomic mass is 32.2. The first-order valence-corrected chi connectivity index (χ1v) is 12.0. The maximum Gasteiger partial charge on any atom is 0.243 e. The van der Waals surface area contributed by atoms with Crippen LogP contribution in [0, 0.1) is 0 Å². The van der Waals surface area contributed by atoms with E-state index in [1.165, 1.54) is 5.56 Å². The minimum atomic E-state index is -0.499. The molecule has 0 unspecified atom stereocenters. The van der Waals surface area contributed by atoms with E-state index >= 15 is 0 Å². The maximum absolute atomic E-state index is 13.2. The van der Waals surface area contributed by atoms with Crippen LogP contribution in [-0.4, -0.2) is 41.7 Å². The number of benzene rings is 2. The van der Waals surface area contributed by atoms with Crippen LogP contribution in [0.5, 0.6) is 5.75 Å². The zero-order valence-corrected chi connectivity index (χ0v) is 19.8. The molecule has 0 aromatic heterocycles. The Bertz CT molecular complexity index is 811. The molecule has 0 fully saturated rings. The molecule has 2 amide bonds. The average molecular weight is 443 g/mol. The highest BCUT2D eigenvalue weighted by Crippen LogP contribution is 2.19. The highest BCUT2D eigenvalue weighted by molar-refractivity contribution is 7.99. The Balaban J connectivity index is 2.13. The van der Waals surface area contributed by atoms with Crippen LogP contribution >= 0.6 is 11.8 Å². The van der Waals surface area contributed by atoms with Crippen molar-refractivity contribution in [2.45, 2.75) is 58.0 Å². The minimum absolute atomic E-state index is 0.0251. The van der Waals surface area contributed by atoms with Crippen LogP contribution in [0.4, 0.5) is 0 Å². The van der Waals surface area contributed by atoms with E-state index in [4.69, 9.17) is 4.74 Å². The number of rotatable bonds is 12. The Kier molecular flexibility index (Phi) is 10.4. The number of nitrogens with zero attached hydrogens (tertiary/aromatic N) is 1. The van der Waals surface area contributed by atoms with E-state index in [0.717, 1.165) is 23.5 Å². The fourth-order valence-corrected chi connectivity index (χ4v) is 4.07. The van der Waals surface area contributed by atoms with Crippen molar-refractivity contribution < 1.29 is 14.3 Å². The van der Waals surface area contributed by atoms with E-state index in [0.29, 0.717) is 18.7 Å². The van der Waals surface area contributed by atoms with E-state index in [1.54, 1.807) is 23.8 Å². The Morgan fingerprint density at radius 1 is 1.00 bits per heavy atom. The van der Waals surface area contributed by atoms with Crippen molar-refractivity contribution in [2.75, 3.05) is 12.9 Å². The molecule has 0 heterocycles. The lowest BCUT2D eigenvalue weighted by molar-refractivity contribution is -0.139. The summed E-state index contributed by atoms with van der Waals surface area (Å²) in [6.07, 6.45) is 1.41. The van der Waals surface area contributed by atoms with Crippen LogP contribution in [0.2, 0.25) is 0 Å². The van der Waals surface area contributed by atoms with Crippen molar-refractivity contribution in [3.8, 4) is 5.75 Å². The SMILES string of the molecule is CC[C@H](C(=O)N[C@@H](C)CC)N(Cc1ccc(OC)cc1)C(=O)CSCc1ccccc1. The number of hydrogen-bond acceptors (Lipinski definition) is 4. The average Bonchev–Trinajstić information content (AvgIpc) is 2.79. The predicted molar refractivity (Wildman–Crippen MR) is 128 cm³/mol. The van der Waals surface area contributed by atoms with Crippen molar-refractivity contribution in [3.63, 3.8) is 0 Å². The predicted octanol–water partition coefficient (Wildman–Crippen LogP) is 4.65. The lowest BCUT2D eigenvalue weighted by Gasteiger charge is -2.31. The summed E-state index contributed by atoms with van der Waals surface area (Å²) in [4.78, 5) is 27.9. The second kappa shape index (κ2) is 13.1. The molecule has 2 rings (SSSR count). The molecule has 0 bridgehead atoms. The number of amides is 2. The van der Waals surface area contributed by atoms with Crippen LogP contribution in [0.1, 0.15) is 44.7 Å². The largest absolute Gasteiger partial charge is 0.497 e. The van der Waals surface area contributed by atoms with Crippen LogP contribution < -0.4 is 10.1 Å². The van der Waals surface area contributed by atoms with Crippen molar-refractivity contribution in [3.05, 3.63) is 65.7 Å². The number of hydrogen-bond donors (Lipinski definition) is 1. The summed E-state index contributed by atoms with van der Waals surface area (Å²) in [5, 5.41) is 3.04. The molecular weight excluding hydrogens is 408 g/mol. The molecule has 0 aliphatic heterocycles. The van der Waals surface area contributed by atoms with Gasteiger partial charge in [0.05, 0.1) is 12.9 Å². The molecule has 0 saturated carbocycles. The fraction of sp³-hybridized carbons (Fsp3) is 0.440. The molecule has 2 aromatic carbocycles. The lowest BCUT2D eigenvalue weighted by atomic mass is 10.1. The number of methoxy groups -OCH3 is 1. The topological polar surface area (TPSA) is 58.6 Å². The summed E-state index contributed by atoms with van der Waals surface area (Å²) in [5.74, 6) is 1.74. The first kappa shape index (κ1) is 24.8. The molecule has 2 atom stereocenters. The zero-order valence-electron chi connectivity index (χ0n) is 19.0. The first-order chi connectivity index (χ1) is 15.0. The Morgan fingerprint density at radius 2 is 1.68 bits per heavy atom. The van der Waals surface area contributed by atoms with Gasteiger partial charge in [0.15, 0.2) is 0 Å². The summed E-state index contributed by atoms with van der Waals surface area (Å²) in [7, 11) is 1.63. The van der Waals surface area contributed by atoms with Gasteiger partial charge in [-0.05, 0) is 43.0 Å². The Morgan fingerprint density at radius 3 is 2.26 bits per heavy atom. The summed E-state index contributed by atoms with van der Waals surface area (Å²) in [6, 6.07) is 17.3. The van der Waals surface area contributed by atoms with Gasteiger partial charge in [0, 0.05) is 18.3 Å². The molecule has 0 aliphatic carbocycles. The van der Waals surface area contributed by atoms with Crippen LogP contribution in [-0.2, 0) is 21.9 Å². The number of ether oxygens (including phenoxy) is 1. The van der Waals surface area contributed by atoms with Crippen molar-refractivity contribution in [1.82, 2.24) is 10.2 Å². The zero-order chi connectivity index (χ0) is 22.6. The van der Waals surface area contributed by atoms with E-state index in [2.05, 4.69) is 17.4 Å². The summed E-state index contributed by atoms with van der Waals surface area (Å²) in [6.45, 7) is 6.36. The van der Waals surface area contributed by atoms with Gasteiger partial charge in [-0.2, -0.15) is 0 Å². The van der Waals surface area contributed by atoms with E-state index in [9.17, 15) is 9.59 Å². The molecule has 5 nitrogen and oxygen atoms in total. The summed E-state index contributed by atoms with van der Waals surface area (Å²) < 4.78 is 5.23.